The van der Waals surface area contributed by atoms with Crippen molar-refractivity contribution in [2.24, 2.45) is 5.73 Å². The van der Waals surface area contributed by atoms with Crippen molar-refractivity contribution in [3.63, 3.8) is 0 Å². The van der Waals surface area contributed by atoms with Crippen LogP contribution in [0.4, 0.5) is 5.00 Å². The van der Waals surface area contributed by atoms with E-state index in [4.69, 9.17) is 28.9 Å². The quantitative estimate of drug-likeness (QED) is 0.837. The number of nitrogens with two attached hydrogens (primary N) is 1. The Morgan fingerprint density at radius 1 is 1.47 bits per heavy atom. The van der Waals surface area contributed by atoms with Gasteiger partial charge in [-0.05, 0) is 18.9 Å². The van der Waals surface area contributed by atoms with E-state index < -0.39 is 16.7 Å². The van der Waals surface area contributed by atoms with Gasteiger partial charge in [0, 0.05) is 4.88 Å². The van der Waals surface area contributed by atoms with Crippen molar-refractivity contribution in [1.29, 1.82) is 0 Å². The van der Waals surface area contributed by atoms with Crippen LogP contribution in [0.3, 0.4) is 0 Å². The second-order valence-electron chi connectivity index (χ2n) is 3.35. The summed E-state index contributed by atoms with van der Waals surface area (Å²) in [5, 5.41) is 2.91. The number of hydrogen-bond acceptors (Lipinski definition) is 3. The van der Waals surface area contributed by atoms with E-state index in [1.54, 1.807) is 0 Å². The van der Waals surface area contributed by atoms with Gasteiger partial charge in [-0.15, -0.1) is 11.3 Å². The van der Waals surface area contributed by atoms with Crippen molar-refractivity contribution >= 4 is 51.4 Å². The molecule has 1 aromatic rings. The third-order valence-corrected chi connectivity index (χ3v) is 3.70. The molecule has 0 aliphatic heterocycles. The Bertz CT molecular complexity index is 457. The van der Waals surface area contributed by atoms with Crippen molar-refractivity contribution in [2.45, 2.75) is 25.1 Å². The van der Waals surface area contributed by atoms with Gasteiger partial charge in [0.15, 0.2) is 4.84 Å². The number of thiophene rings is 1. The minimum Gasteiger partial charge on any atom is -0.365 e. The lowest BCUT2D eigenvalue weighted by atomic mass is 10.1. The lowest BCUT2D eigenvalue weighted by Crippen LogP contribution is -2.21. The second kappa shape index (κ2) is 5.71. The summed E-state index contributed by atoms with van der Waals surface area (Å²) in [5.41, 5.74) is 6.50. The maximum atomic E-state index is 11.4. The Morgan fingerprint density at radius 3 is 2.47 bits per heavy atom. The topological polar surface area (TPSA) is 72.2 Å². The van der Waals surface area contributed by atoms with Crippen LogP contribution in [-0.4, -0.2) is 16.7 Å². The van der Waals surface area contributed by atoms with E-state index in [1.165, 1.54) is 11.3 Å². The molecule has 3 N–H and O–H groups in total. The first-order valence-corrected chi connectivity index (χ1v) is 6.58. The van der Waals surface area contributed by atoms with Crippen LogP contribution in [0.5, 0.6) is 0 Å². The largest absolute Gasteiger partial charge is 0.365 e. The molecule has 0 spiro atoms. The average molecular weight is 295 g/mol. The number of aryl methyl sites for hydroxylation is 1. The summed E-state index contributed by atoms with van der Waals surface area (Å²) in [7, 11) is 0. The zero-order valence-electron chi connectivity index (χ0n) is 9.34. The van der Waals surface area contributed by atoms with Gasteiger partial charge in [0.2, 0.25) is 0 Å². The fourth-order valence-corrected chi connectivity index (χ4v) is 2.78. The van der Waals surface area contributed by atoms with Crippen LogP contribution in [0.15, 0.2) is 0 Å². The van der Waals surface area contributed by atoms with Crippen molar-refractivity contribution in [1.82, 2.24) is 0 Å². The first kappa shape index (κ1) is 14.3. The van der Waals surface area contributed by atoms with Crippen molar-refractivity contribution in [3.05, 3.63) is 16.0 Å². The maximum Gasteiger partial charge on any atom is 0.258 e. The zero-order chi connectivity index (χ0) is 13.2. The van der Waals surface area contributed by atoms with Gasteiger partial charge in [0.05, 0.1) is 5.56 Å². The van der Waals surface area contributed by atoms with E-state index >= 15 is 0 Å². The summed E-state index contributed by atoms with van der Waals surface area (Å²) in [6.07, 6.45) is 0.668. The Hall–Kier alpha value is -0.780. The molecule has 4 nitrogen and oxygen atoms in total. The number of primary amides is 1. The summed E-state index contributed by atoms with van der Waals surface area (Å²) in [4.78, 5) is 22.5. The number of rotatable bonds is 4. The molecule has 0 aliphatic carbocycles. The summed E-state index contributed by atoms with van der Waals surface area (Å²) in [6.45, 7) is 3.78. The first-order valence-electron chi connectivity index (χ1n) is 4.89. The number of nitrogens with one attached hydrogen (secondary N) is 1. The standard InChI is InChI=1S/C10H12Cl2N2O2S/c1-3-5-4(2)17-10(6(5)8(13)15)14-9(16)7(11)12/h7H,3H2,1-2H3,(H2,13,15)(H,14,16). The highest BCUT2D eigenvalue weighted by molar-refractivity contribution is 7.16. The summed E-state index contributed by atoms with van der Waals surface area (Å²) in [5.74, 6) is -1.14. The summed E-state index contributed by atoms with van der Waals surface area (Å²) in [6, 6.07) is 0. The molecule has 0 aliphatic rings. The molecule has 17 heavy (non-hydrogen) atoms. The predicted octanol–water partition coefficient (Wildman–Crippen LogP) is 2.46. The molecule has 0 unspecified atom stereocenters. The van der Waals surface area contributed by atoms with Crippen LogP contribution < -0.4 is 11.1 Å². The second-order valence-corrected chi connectivity index (χ2v) is 5.67. The van der Waals surface area contributed by atoms with Gasteiger partial charge in [-0.2, -0.15) is 0 Å². The van der Waals surface area contributed by atoms with Gasteiger partial charge in [0.1, 0.15) is 5.00 Å². The number of hydrogen-bond donors (Lipinski definition) is 2. The third kappa shape index (κ3) is 3.12. The minimum absolute atomic E-state index is 0.345. The SMILES string of the molecule is CCc1c(C)sc(NC(=O)C(Cl)Cl)c1C(N)=O. The Labute approximate surface area is 113 Å². The van der Waals surface area contributed by atoms with E-state index in [1.807, 2.05) is 13.8 Å². The van der Waals surface area contributed by atoms with Crippen molar-refractivity contribution in [3.8, 4) is 0 Å². The monoisotopic (exact) mass is 294 g/mol. The molecule has 0 saturated carbocycles. The molecular weight excluding hydrogens is 283 g/mol. The van der Waals surface area contributed by atoms with Crippen LogP contribution in [0.2, 0.25) is 0 Å². The van der Waals surface area contributed by atoms with Crippen LogP contribution in [-0.2, 0) is 11.2 Å². The molecule has 0 aromatic carbocycles. The van der Waals surface area contributed by atoms with Gasteiger partial charge < -0.3 is 11.1 Å². The molecule has 0 saturated heterocycles. The highest BCUT2D eigenvalue weighted by Crippen LogP contribution is 2.33. The smallest absolute Gasteiger partial charge is 0.258 e. The number of carbonyl (C=O) groups excluding carboxylic acids is 2. The lowest BCUT2D eigenvalue weighted by Gasteiger charge is -2.05. The molecular formula is C10H12Cl2N2O2S. The van der Waals surface area contributed by atoms with E-state index in [-0.39, 0.29) is 0 Å². The normalized spacial score (nSPS) is 10.6. The van der Waals surface area contributed by atoms with Gasteiger partial charge >= 0.3 is 0 Å². The van der Waals surface area contributed by atoms with Crippen molar-refractivity contribution in [2.75, 3.05) is 5.32 Å². The highest BCUT2D eigenvalue weighted by Gasteiger charge is 2.22. The van der Waals surface area contributed by atoms with Gasteiger partial charge in [0.25, 0.3) is 11.8 Å². The van der Waals surface area contributed by atoms with Crippen LogP contribution in [0.25, 0.3) is 0 Å². The van der Waals surface area contributed by atoms with Gasteiger partial charge in [-0.1, -0.05) is 30.1 Å². The minimum atomic E-state index is -1.18. The van der Waals surface area contributed by atoms with Gasteiger partial charge in [-0.3, -0.25) is 9.59 Å². The number of alkyl halides is 2. The lowest BCUT2D eigenvalue weighted by molar-refractivity contribution is -0.114. The van der Waals surface area contributed by atoms with Gasteiger partial charge in [-0.25, -0.2) is 0 Å². The zero-order valence-corrected chi connectivity index (χ0v) is 11.7. The Balaban J connectivity index is 3.16. The molecule has 7 heteroatoms. The first-order chi connectivity index (χ1) is 7.88. The molecule has 1 aromatic heterocycles. The maximum absolute atomic E-state index is 11.4. The molecule has 2 amide bonds. The fourth-order valence-electron chi connectivity index (χ4n) is 1.52. The average Bonchev–Trinajstić information content (AvgIpc) is 2.53. The van der Waals surface area contributed by atoms with E-state index in [0.717, 1.165) is 10.4 Å². The number of carbonyl (C=O) groups is 2. The molecule has 0 atom stereocenters. The Morgan fingerprint density at radius 2 is 2.06 bits per heavy atom. The number of anilines is 1. The van der Waals surface area contributed by atoms with E-state index in [9.17, 15) is 9.59 Å². The molecule has 0 fully saturated rings. The third-order valence-electron chi connectivity index (χ3n) is 2.24. The summed E-state index contributed by atoms with van der Waals surface area (Å²) < 4.78 is 0. The fraction of sp³-hybridized carbons (Fsp3) is 0.400. The molecule has 1 heterocycles. The number of amides is 2. The number of halogens is 2. The molecule has 1 rings (SSSR count). The van der Waals surface area contributed by atoms with Crippen LogP contribution in [0.1, 0.15) is 27.7 Å². The Kier molecular flexibility index (Phi) is 4.80. The molecule has 0 bridgehead atoms. The highest BCUT2D eigenvalue weighted by atomic mass is 35.5. The summed E-state index contributed by atoms with van der Waals surface area (Å²) >= 11 is 12.2. The molecule has 94 valence electrons. The van der Waals surface area contributed by atoms with Crippen LogP contribution >= 0.6 is 34.5 Å². The molecule has 0 radical (unpaired) electrons. The predicted molar refractivity (Wildman–Crippen MR) is 71.1 cm³/mol. The van der Waals surface area contributed by atoms with E-state index in [2.05, 4.69) is 5.32 Å². The van der Waals surface area contributed by atoms with Crippen molar-refractivity contribution < 1.29 is 9.59 Å². The van der Waals surface area contributed by atoms with Crippen LogP contribution in [0, 0.1) is 6.92 Å². The van der Waals surface area contributed by atoms with E-state index in [0.29, 0.717) is 17.0 Å².